The lowest BCUT2D eigenvalue weighted by Gasteiger charge is -2.15. The molecule has 21 heavy (non-hydrogen) atoms. The van der Waals surface area contributed by atoms with Crippen molar-refractivity contribution in [3.63, 3.8) is 0 Å². The minimum absolute atomic E-state index is 0.00676. The number of carbonyl (C=O) groups excluding carboxylic acids is 1. The molecule has 0 aliphatic carbocycles. The average Bonchev–Trinajstić information content (AvgIpc) is 2.52. The van der Waals surface area contributed by atoms with Gasteiger partial charge in [0.2, 0.25) is 0 Å². The number of rotatable bonds is 6. The fourth-order valence-electron chi connectivity index (χ4n) is 1.99. The molecule has 1 amide bonds. The van der Waals surface area contributed by atoms with Gasteiger partial charge in [0, 0.05) is 35.4 Å². The number of aliphatic hydroxyl groups excluding tert-OH is 1. The molecule has 0 aliphatic rings. The second kappa shape index (κ2) is 7.90. The van der Waals surface area contributed by atoms with Crippen LogP contribution in [0.2, 0.25) is 0 Å². The Morgan fingerprint density at radius 3 is 2.67 bits per heavy atom. The number of pyridine rings is 1. The largest absolute Gasteiger partial charge is 0.396 e. The van der Waals surface area contributed by atoms with Gasteiger partial charge in [0.05, 0.1) is 5.56 Å². The number of benzene rings is 1. The first-order valence-corrected chi connectivity index (χ1v) is 7.53. The maximum atomic E-state index is 12.1. The zero-order valence-corrected chi connectivity index (χ0v) is 13.1. The highest BCUT2D eigenvalue weighted by Gasteiger charge is 2.13. The molecule has 2 rings (SSSR count). The van der Waals surface area contributed by atoms with Gasteiger partial charge in [-0.3, -0.25) is 9.78 Å². The molecular weight excluding hydrogens is 332 g/mol. The fraction of sp³-hybridized carbons (Fsp3) is 0.250. The van der Waals surface area contributed by atoms with E-state index in [1.54, 1.807) is 12.3 Å². The molecule has 0 fully saturated rings. The molecule has 0 saturated heterocycles. The molecule has 4 nitrogen and oxygen atoms in total. The van der Waals surface area contributed by atoms with Crippen molar-refractivity contribution in [1.82, 2.24) is 10.3 Å². The molecule has 5 heteroatoms. The third kappa shape index (κ3) is 4.65. The van der Waals surface area contributed by atoms with Gasteiger partial charge in [0.25, 0.3) is 5.91 Å². The van der Waals surface area contributed by atoms with E-state index in [0.717, 1.165) is 10.2 Å². The molecular formula is C16H17BrN2O2. The van der Waals surface area contributed by atoms with Crippen molar-refractivity contribution in [2.24, 2.45) is 5.92 Å². The number of amides is 1. The van der Waals surface area contributed by atoms with Crippen LogP contribution < -0.4 is 5.32 Å². The van der Waals surface area contributed by atoms with Gasteiger partial charge < -0.3 is 10.4 Å². The highest BCUT2D eigenvalue weighted by atomic mass is 79.9. The molecule has 110 valence electrons. The predicted octanol–water partition coefficient (Wildman–Crippen LogP) is 2.43. The average molecular weight is 349 g/mol. The first kappa shape index (κ1) is 15.7. The Bertz CT molecular complexity index is 590. The van der Waals surface area contributed by atoms with Crippen molar-refractivity contribution < 1.29 is 9.90 Å². The molecule has 1 aromatic heterocycles. The Hall–Kier alpha value is -1.72. The van der Waals surface area contributed by atoms with Crippen LogP contribution in [0.1, 0.15) is 16.1 Å². The highest BCUT2D eigenvalue weighted by molar-refractivity contribution is 9.10. The van der Waals surface area contributed by atoms with E-state index in [2.05, 4.69) is 26.2 Å². The fourth-order valence-corrected chi connectivity index (χ4v) is 2.46. The molecule has 0 spiro atoms. The van der Waals surface area contributed by atoms with Gasteiger partial charge in [-0.2, -0.15) is 0 Å². The third-order valence-corrected chi connectivity index (χ3v) is 3.84. The van der Waals surface area contributed by atoms with E-state index in [0.29, 0.717) is 18.5 Å². The Balaban J connectivity index is 1.91. The lowest BCUT2D eigenvalue weighted by molar-refractivity contribution is 0.0939. The van der Waals surface area contributed by atoms with E-state index in [1.807, 2.05) is 36.4 Å². The van der Waals surface area contributed by atoms with Gasteiger partial charge in [-0.25, -0.2) is 0 Å². The van der Waals surface area contributed by atoms with Gasteiger partial charge in [-0.1, -0.05) is 18.2 Å². The molecule has 1 unspecified atom stereocenters. The van der Waals surface area contributed by atoms with Crippen molar-refractivity contribution in [3.8, 4) is 0 Å². The Labute approximate surface area is 132 Å². The first-order chi connectivity index (χ1) is 10.2. The quantitative estimate of drug-likeness (QED) is 0.842. The van der Waals surface area contributed by atoms with E-state index in [-0.39, 0.29) is 18.4 Å². The molecule has 1 heterocycles. The van der Waals surface area contributed by atoms with E-state index in [1.165, 1.54) is 0 Å². The van der Waals surface area contributed by atoms with Crippen LogP contribution in [0.15, 0.2) is 53.1 Å². The summed E-state index contributed by atoms with van der Waals surface area (Å²) in [7, 11) is 0. The normalized spacial score (nSPS) is 11.9. The summed E-state index contributed by atoms with van der Waals surface area (Å²) in [5.41, 5.74) is 1.50. The molecule has 0 radical (unpaired) electrons. The minimum Gasteiger partial charge on any atom is -0.396 e. The maximum absolute atomic E-state index is 12.1. The summed E-state index contributed by atoms with van der Waals surface area (Å²) in [5.74, 6) is -0.201. The molecule has 0 aliphatic heterocycles. The van der Waals surface area contributed by atoms with E-state index in [4.69, 9.17) is 0 Å². The smallest absolute Gasteiger partial charge is 0.252 e. The lowest BCUT2D eigenvalue weighted by atomic mass is 10.0. The van der Waals surface area contributed by atoms with Gasteiger partial charge in [-0.15, -0.1) is 0 Å². The van der Waals surface area contributed by atoms with Crippen LogP contribution in [-0.4, -0.2) is 29.1 Å². The van der Waals surface area contributed by atoms with Gasteiger partial charge in [0.1, 0.15) is 0 Å². The summed E-state index contributed by atoms with van der Waals surface area (Å²) in [6, 6.07) is 12.9. The minimum atomic E-state index is -0.151. The second-order valence-corrected chi connectivity index (χ2v) is 5.62. The predicted molar refractivity (Wildman–Crippen MR) is 85.0 cm³/mol. The molecule has 0 saturated carbocycles. The molecule has 2 N–H and O–H groups in total. The van der Waals surface area contributed by atoms with Crippen LogP contribution in [0.5, 0.6) is 0 Å². The Kier molecular flexibility index (Phi) is 5.90. The SMILES string of the molecule is O=C(NCC(CO)Cc1ccccn1)c1ccccc1Br. The number of hydrogen-bond donors (Lipinski definition) is 2. The zero-order valence-electron chi connectivity index (χ0n) is 11.5. The summed E-state index contributed by atoms with van der Waals surface area (Å²) < 4.78 is 0.757. The van der Waals surface area contributed by atoms with Gasteiger partial charge in [0.15, 0.2) is 0 Å². The van der Waals surface area contributed by atoms with Crippen LogP contribution >= 0.6 is 15.9 Å². The molecule has 2 aromatic rings. The number of hydrogen-bond acceptors (Lipinski definition) is 3. The lowest BCUT2D eigenvalue weighted by Crippen LogP contribution is -2.32. The van der Waals surface area contributed by atoms with E-state index in [9.17, 15) is 9.90 Å². The number of nitrogens with zero attached hydrogens (tertiary/aromatic N) is 1. The van der Waals surface area contributed by atoms with Crippen molar-refractivity contribution in [3.05, 3.63) is 64.4 Å². The monoisotopic (exact) mass is 348 g/mol. The topological polar surface area (TPSA) is 62.2 Å². The van der Waals surface area contributed by atoms with Crippen LogP contribution in [0.3, 0.4) is 0 Å². The van der Waals surface area contributed by atoms with Crippen molar-refractivity contribution >= 4 is 21.8 Å². The number of halogens is 1. The van der Waals surface area contributed by atoms with Crippen LogP contribution in [0.4, 0.5) is 0 Å². The van der Waals surface area contributed by atoms with Gasteiger partial charge in [-0.05, 0) is 46.6 Å². The van der Waals surface area contributed by atoms with Crippen LogP contribution in [0.25, 0.3) is 0 Å². The van der Waals surface area contributed by atoms with Crippen molar-refractivity contribution in [1.29, 1.82) is 0 Å². The summed E-state index contributed by atoms with van der Waals surface area (Å²) >= 11 is 3.35. The standard InChI is InChI=1S/C16H17BrN2O2/c17-15-7-2-1-6-14(15)16(21)19-10-12(11-20)9-13-5-3-4-8-18-13/h1-8,12,20H,9-11H2,(H,19,21). The Morgan fingerprint density at radius 1 is 1.24 bits per heavy atom. The summed E-state index contributed by atoms with van der Waals surface area (Å²) in [6.45, 7) is 0.417. The maximum Gasteiger partial charge on any atom is 0.252 e. The van der Waals surface area contributed by atoms with E-state index < -0.39 is 0 Å². The number of aliphatic hydroxyl groups is 1. The molecule has 0 bridgehead atoms. The number of aromatic nitrogens is 1. The number of nitrogens with one attached hydrogen (secondary N) is 1. The third-order valence-electron chi connectivity index (χ3n) is 3.15. The molecule has 1 atom stereocenters. The molecule has 1 aromatic carbocycles. The second-order valence-electron chi connectivity index (χ2n) is 4.76. The summed E-state index contributed by atoms with van der Waals surface area (Å²) in [4.78, 5) is 16.3. The Morgan fingerprint density at radius 2 is 2.00 bits per heavy atom. The highest BCUT2D eigenvalue weighted by Crippen LogP contribution is 2.15. The van der Waals surface area contributed by atoms with Crippen molar-refractivity contribution in [2.45, 2.75) is 6.42 Å². The van der Waals surface area contributed by atoms with Crippen LogP contribution in [0, 0.1) is 5.92 Å². The van der Waals surface area contributed by atoms with Crippen LogP contribution in [-0.2, 0) is 6.42 Å². The van der Waals surface area contributed by atoms with Crippen molar-refractivity contribution in [2.75, 3.05) is 13.2 Å². The zero-order chi connectivity index (χ0) is 15.1. The van der Waals surface area contributed by atoms with Gasteiger partial charge >= 0.3 is 0 Å². The number of carbonyl (C=O) groups is 1. The van der Waals surface area contributed by atoms with E-state index >= 15 is 0 Å². The summed E-state index contributed by atoms with van der Waals surface area (Å²) in [5, 5.41) is 12.3. The first-order valence-electron chi connectivity index (χ1n) is 6.74. The summed E-state index contributed by atoms with van der Waals surface area (Å²) in [6.07, 6.45) is 2.36.